The number of fused-ring (bicyclic) bond motifs is 1. The highest BCUT2D eigenvalue weighted by Crippen LogP contribution is 2.25. The number of para-hydroxylation sites is 1. The number of aromatic hydroxyl groups is 1. The number of nitrogens with zero attached hydrogens (tertiary/aromatic N) is 1. The molecule has 0 atom stereocenters. The molecule has 0 saturated heterocycles. The van der Waals surface area contributed by atoms with Crippen LogP contribution in [0.3, 0.4) is 0 Å². The van der Waals surface area contributed by atoms with Crippen molar-refractivity contribution in [1.29, 1.82) is 0 Å². The first kappa shape index (κ1) is 13.1. The fraction of sp³-hybridized carbons (Fsp3) is 0. The van der Waals surface area contributed by atoms with Gasteiger partial charge in [-0.25, -0.2) is 9.18 Å². The molecule has 1 N–H and O–H groups in total. The summed E-state index contributed by atoms with van der Waals surface area (Å²) in [5.41, 5.74) is -0.144. The van der Waals surface area contributed by atoms with Gasteiger partial charge in [0.15, 0.2) is 0 Å². The summed E-state index contributed by atoms with van der Waals surface area (Å²) >= 11 is 0. The fourth-order valence-electron chi connectivity index (χ4n) is 1.96. The van der Waals surface area contributed by atoms with Crippen molar-refractivity contribution in [3.8, 4) is 5.75 Å². The predicted molar refractivity (Wildman–Crippen MR) is 77.8 cm³/mol. The van der Waals surface area contributed by atoms with Crippen molar-refractivity contribution < 1.29 is 13.9 Å². The fourth-order valence-corrected chi connectivity index (χ4v) is 1.96. The lowest BCUT2D eigenvalue weighted by molar-refractivity contribution is 0.466. The summed E-state index contributed by atoms with van der Waals surface area (Å²) in [7, 11) is 0. The molecule has 1 aromatic heterocycles. The molecule has 0 saturated carbocycles. The normalized spacial score (nSPS) is 11.3. The molecular formula is C16H10FNO3. The van der Waals surface area contributed by atoms with Crippen LogP contribution in [0.4, 0.5) is 10.1 Å². The lowest BCUT2D eigenvalue weighted by Gasteiger charge is -2.02. The average molecular weight is 283 g/mol. The maximum Gasteiger partial charge on any atom is 0.348 e. The highest BCUT2D eigenvalue weighted by molar-refractivity contribution is 5.94. The smallest absolute Gasteiger partial charge is 0.348 e. The molecular weight excluding hydrogens is 273 g/mol. The molecule has 4 nitrogen and oxygen atoms in total. The molecule has 0 aliphatic carbocycles. The zero-order valence-electron chi connectivity index (χ0n) is 10.8. The monoisotopic (exact) mass is 283 g/mol. The van der Waals surface area contributed by atoms with E-state index in [1.54, 1.807) is 30.3 Å². The van der Waals surface area contributed by atoms with Crippen LogP contribution in [0.15, 0.2) is 62.7 Å². The first-order chi connectivity index (χ1) is 10.1. The van der Waals surface area contributed by atoms with E-state index in [1.807, 2.05) is 0 Å². The molecule has 0 radical (unpaired) electrons. The molecule has 0 aliphatic heterocycles. The summed E-state index contributed by atoms with van der Waals surface area (Å²) in [6, 6.07) is 12.2. The quantitative estimate of drug-likeness (QED) is 0.579. The third-order valence-corrected chi connectivity index (χ3v) is 2.97. The molecule has 0 unspecified atom stereocenters. The number of benzene rings is 2. The summed E-state index contributed by atoms with van der Waals surface area (Å²) in [5.74, 6) is -0.638. The zero-order valence-corrected chi connectivity index (χ0v) is 10.8. The van der Waals surface area contributed by atoms with Crippen LogP contribution in [0.25, 0.3) is 11.0 Å². The third kappa shape index (κ3) is 2.53. The van der Waals surface area contributed by atoms with Crippen molar-refractivity contribution in [1.82, 2.24) is 0 Å². The van der Waals surface area contributed by atoms with Gasteiger partial charge in [-0.05, 0) is 30.3 Å². The van der Waals surface area contributed by atoms with E-state index in [0.717, 1.165) is 0 Å². The van der Waals surface area contributed by atoms with E-state index in [1.165, 1.54) is 24.4 Å². The second-order valence-electron chi connectivity index (χ2n) is 4.39. The average Bonchev–Trinajstić information content (AvgIpc) is 2.47. The molecule has 3 aromatic rings. The Kier molecular flexibility index (Phi) is 3.23. The van der Waals surface area contributed by atoms with Crippen molar-refractivity contribution in [2.45, 2.75) is 0 Å². The Bertz CT molecular complexity index is 899. The number of halogens is 1. The van der Waals surface area contributed by atoms with Gasteiger partial charge in [0.2, 0.25) is 0 Å². The lowest BCUT2D eigenvalue weighted by atomic mass is 10.1. The SMILES string of the molecule is O=c1oc2ccccc2c(O)c1C=Nc1cccc(F)c1. The molecule has 0 fully saturated rings. The molecule has 0 bridgehead atoms. The van der Waals surface area contributed by atoms with Crippen LogP contribution in [-0.2, 0) is 0 Å². The molecule has 1 heterocycles. The summed E-state index contributed by atoms with van der Waals surface area (Å²) in [5, 5.41) is 10.6. The van der Waals surface area contributed by atoms with Crippen molar-refractivity contribution in [3.05, 3.63) is 70.3 Å². The maximum absolute atomic E-state index is 13.1. The summed E-state index contributed by atoms with van der Waals surface area (Å²) in [4.78, 5) is 15.8. The Morgan fingerprint density at radius 2 is 1.95 bits per heavy atom. The van der Waals surface area contributed by atoms with Crippen molar-refractivity contribution >= 4 is 22.9 Å². The van der Waals surface area contributed by atoms with Crippen molar-refractivity contribution in [3.63, 3.8) is 0 Å². The van der Waals surface area contributed by atoms with Crippen molar-refractivity contribution in [2.24, 2.45) is 4.99 Å². The van der Waals surface area contributed by atoms with Crippen LogP contribution in [0.2, 0.25) is 0 Å². The van der Waals surface area contributed by atoms with E-state index in [0.29, 0.717) is 16.7 Å². The molecule has 2 aromatic carbocycles. The second-order valence-corrected chi connectivity index (χ2v) is 4.39. The molecule has 0 aliphatic rings. The van der Waals surface area contributed by atoms with E-state index in [-0.39, 0.29) is 11.3 Å². The Hall–Kier alpha value is -2.95. The molecule has 3 rings (SSSR count). The molecule has 21 heavy (non-hydrogen) atoms. The first-order valence-corrected chi connectivity index (χ1v) is 6.19. The van der Waals surface area contributed by atoms with Crippen LogP contribution >= 0.6 is 0 Å². The summed E-state index contributed by atoms with van der Waals surface area (Å²) in [6.07, 6.45) is 1.17. The van der Waals surface area contributed by atoms with Gasteiger partial charge in [-0.2, -0.15) is 0 Å². The van der Waals surface area contributed by atoms with Crippen LogP contribution in [0, 0.1) is 5.82 Å². The standard InChI is InChI=1S/C16H10FNO3/c17-10-4-3-5-11(8-10)18-9-13-15(19)12-6-1-2-7-14(12)21-16(13)20/h1-9,19H. The maximum atomic E-state index is 13.1. The first-order valence-electron chi connectivity index (χ1n) is 6.19. The number of aliphatic imine (C=N–C) groups is 1. The predicted octanol–water partition coefficient (Wildman–Crippen LogP) is 3.39. The van der Waals surface area contributed by atoms with Gasteiger partial charge in [0.05, 0.1) is 11.1 Å². The number of hydrogen-bond acceptors (Lipinski definition) is 4. The minimum atomic E-state index is -0.702. The van der Waals surface area contributed by atoms with Gasteiger partial charge in [-0.1, -0.05) is 18.2 Å². The van der Waals surface area contributed by atoms with Gasteiger partial charge in [-0.3, -0.25) is 4.99 Å². The molecule has 0 amide bonds. The Morgan fingerprint density at radius 1 is 1.14 bits per heavy atom. The molecule has 104 valence electrons. The van der Waals surface area contributed by atoms with Crippen molar-refractivity contribution in [2.75, 3.05) is 0 Å². The van der Waals surface area contributed by atoms with Gasteiger partial charge in [0.1, 0.15) is 22.7 Å². The van der Waals surface area contributed by atoms with E-state index < -0.39 is 11.4 Å². The van der Waals surface area contributed by atoms with E-state index in [4.69, 9.17) is 4.42 Å². The second kappa shape index (κ2) is 5.20. The van der Waals surface area contributed by atoms with Crippen LogP contribution in [0.1, 0.15) is 5.56 Å². The number of rotatable bonds is 2. The topological polar surface area (TPSA) is 62.8 Å². The minimum Gasteiger partial charge on any atom is -0.506 e. The van der Waals surface area contributed by atoms with Crippen LogP contribution in [0.5, 0.6) is 5.75 Å². The van der Waals surface area contributed by atoms with Gasteiger partial charge < -0.3 is 9.52 Å². The lowest BCUT2D eigenvalue weighted by Crippen LogP contribution is -2.06. The Balaban J connectivity index is 2.10. The highest BCUT2D eigenvalue weighted by atomic mass is 19.1. The zero-order chi connectivity index (χ0) is 14.8. The van der Waals surface area contributed by atoms with E-state index in [2.05, 4.69) is 4.99 Å². The number of hydrogen-bond donors (Lipinski definition) is 1. The highest BCUT2D eigenvalue weighted by Gasteiger charge is 2.11. The van der Waals surface area contributed by atoms with E-state index >= 15 is 0 Å². The largest absolute Gasteiger partial charge is 0.506 e. The Labute approximate surface area is 118 Å². The molecule has 0 spiro atoms. The van der Waals surface area contributed by atoms with Gasteiger partial charge >= 0.3 is 5.63 Å². The van der Waals surface area contributed by atoms with Crippen LogP contribution in [-0.4, -0.2) is 11.3 Å². The van der Waals surface area contributed by atoms with Crippen LogP contribution < -0.4 is 5.63 Å². The Morgan fingerprint density at radius 3 is 2.76 bits per heavy atom. The minimum absolute atomic E-state index is 0.0713. The summed E-state index contributed by atoms with van der Waals surface area (Å²) in [6.45, 7) is 0. The van der Waals surface area contributed by atoms with Gasteiger partial charge in [0.25, 0.3) is 0 Å². The molecule has 5 heteroatoms. The van der Waals surface area contributed by atoms with Gasteiger partial charge in [-0.15, -0.1) is 0 Å². The van der Waals surface area contributed by atoms with E-state index in [9.17, 15) is 14.3 Å². The summed E-state index contributed by atoms with van der Waals surface area (Å²) < 4.78 is 18.2. The van der Waals surface area contributed by atoms with Gasteiger partial charge in [0, 0.05) is 6.21 Å². The third-order valence-electron chi connectivity index (χ3n) is 2.97.